The minimum Gasteiger partial charge on any atom is -0.495 e. The Morgan fingerprint density at radius 1 is 1.19 bits per heavy atom. The summed E-state index contributed by atoms with van der Waals surface area (Å²) >= 11 is 0. The fraction of sp³-hybridized carbons (Fsp3) is 0.467. The molecule has 0 aromatic heterocycles. The van der Waals surface area contributed by atoms with Gasteiger partial charge in [0.2, 0.25) is 5.91 Å². The molecule has 3 amide bonds. The van der Waals surface area contributed by atoms with Gasteiger partial charge in [0, 0.05) is 19.2 Å². The monoisotopic (exact) mass is 293 g/mol. The van der Waals surface area contributed by atoms with Gasteiger partial charge in [0.05, 0.1) is 12.8 Å². The summed E-state index contributed by atoms with van der Waals surface area (Å²) < 4.78 is 5.16. The second kappa shape index (κ2) is 6.97. The topological polar surface area (TPSA) is 79.5 Å². The van der Waals surface area contributed by atoms with Crippen LogP contribution in [0.4, 0.5) is 16.2 Å². The normalized spacial score (nSPS) is 10.7. The maximum Gasteiger partial charge on any atom is 0.319 e. The van der Waals surface area contributed by atoms with Gasteiger partial charge in [0.1, 0.15) is 5.75 Å². The van der Waals surface area contributed by atoms with Crippen LogP contribution in [0.3, 0.4) is 0 Å². The zero-order valence-electron chi connectivity index (χ0n) is 13.2. The molecule has 1 rings (SSSR count). The summed E-state index contributed by atoms with van der Waals surface area (Å²) in [6, 6.07) is 4.76. The second-order valence-electron chi connectivity index (χ2n) is 5.96. The maximum atomic E-state index is 11.8. The molecule has 0 atom stereocenters. The summed E-state index contributed by atoms with van der Waals surface area (Å²) in [7, 11) is 1.52. The fourth-order valence-corrected chi connectivity index (χ4v) is 1.59. The molecular formula is C15H23N3O3. The van der Waals surface area contributed by atoms with Crippen molar-refractivity contribution < 1.29 is 14.3 Å². The van der Waals surface area contributed by atoms with Gasteiger partial charge in [-0.25, -0.2) is 4.79 Å². The summed E-state index contributed by atoms with van der Waals surface area (Å²) in [4.78, 5) is 23.0. The second-order valence-corrected chi connectivity index (χ2v) is 5.96. The number of amides is 3. The standard InChI is InChI=1S/C15H23N3O3/c1-10(19)17-12-8-11(6-7-13(12)21-5)18-14(20)16-9-15(2,3)4/h6-8H,9H2,1-5H3,(H,17,19)(H2,16,18,20). The highest BCUT2D eigenvalue weighted by atomic mass is 16.5. The van der Waals surface area contributed by atoms with Crippen LogP contribution in [-0.4, -0.2) is 25.6 Å². The smallest absolute Gasteiger partial charge is 0.319 e. The highest BCUT2D eigenvalue weighted by molar-refractivity contribution is 5.94. The van der Waals surface area contributed by atoms with E-state index >= 15 is 0 Å². The molecule has 3 N–H and O–H groups in total. The van der Waals surface area contributed by atoms with Crippen molar-refractivity contribution in [3.05, 3.63) is 18.2 Å². The number of hydrogen-bond donors (Lipinski definition) is 3. The molecular weight excluding hydrogens is 270 g/mol. The Hall–Kier alpha value is -2.24. The number of benzene rings is 1. The Balaban J connectivity index is 2.75. The quantitative estimate of drug-likeness (QED) is 0.798. The molecule has 1 aromatic rings. The molecule has 0 spiro atoms. The minimum absolute atomic E-state index is 0.0125. The maximum absolute atomic E-state index is 11.8. The molecule has 1 aromatic carbocycles. The molecule has 0 heterocycles. The third kappa shape index (κ3) is 6.16. The van der Waals surface area contributed by atoms with E-state index in [1.807, 2.05) is 20.8 Å². The van der Waals surface area contributed by atoms with Crippen LogP contribution in [0.15, 0.2) is 18.2 Å². The zero-order valence-corrected chi connectivity index (χ0v) is 13.2. The molecule has 0 aliphatic carbocycles. The Morgan fingerprint density at radius 2 is 1.86 bits per heavy atom. The molecule has 6 nitrogen and oxygen atoms in total. The first-order valence-electron chi connectivity index (χ1n) is 6.72. The van der Waals surface area contributed by atoms with Crippen molar-refractivity contribution in [3.8, 4) is 5.75 Å². The molecule has 0 unspecified atom stereocenters. The van der Waals surface area contributed by atoms with E-state index in [-0.39, 0.29) is 17.4 Å². The third-order valence-corrected chi connectivity index (χ3v) is 2.55. The summed E-state index contributed by atoms with van der Waals surface area (Å²) in [5, 5.41) is 8.17. The van der Waals surface area contributed by atoms with E-state index < -0.39 is 0 Å². The molecule has 0 fully saturated rings. The van der Waals surface area contributed by atoms with Crippen molar-refractivity contribution in [2.45, 2.75) is 27.7 Å². The largest absolute Gasteiger partial charge is 0.495 e. The van der Waals surface area contributed by atoms with Crippen LogP contribution >= 0.6 is 0 Å². The Morgan fingerprint density at radius 3 is 2.38 bits per heavy atom. The predicted octanol–water partition coefficient (Wildman–Crippen LogP) is 2.82. The van der Waals surface area contributed by atoms with E-state index in [0.29, 0.717) is 23.7 Å². The van der Waals surface area contributed by atoms with E-state index in [4.69, 9.17) is 4.74 Å². The fourth-order valence-electron chi connectivity index (χ4n) is 1.59. The van der Waals surface area contributed by atoms with Crippen LogP contribution in [0.1, 0.15) is 27.7 Å². The number of anilines is 2. The van der Waals surface area contributed by atoms with Crippen molar-refractivity contribution in [1.29, 1.82) is 0 Å². The number of urea groups is 1. The lowest BCUT2D eigenvalue weighted by atomic mass is 9.97. The van der Waals surface area contributed by atoms with E-state index in [9.17, 15) is 9.59 Å². The van der Waals surface area contributed by atoms with Gasteiger partial charge in [0.25, 0.3) is 0 Å². The van der Waals surface area contributed by atoms with Gasteiger partial charge in [0.15, 0.2) is 0 Å². The molecule has 0 saturated heterocycles. The van der Waals surface area contributed by atoms with Crippen molar-refractivity contribution in [2.75, 3.05) is 24.3 Å². The van der Waals surface area contributed by atoms with E-state index in [1.165, 1.54) is 14.0 Å². The third-order valence-electron chi connectivity index (χ3n) is 2.55. The van der Waals surface area contributed by atoms with Gasteiger partial charge in [-0.2, -0.15) is 0 Å². The predicted molar refractivity (Wildman–Crippen MR) is 83.8 cm³/mol. The zero-order chi connectivity index (χ0) is 16.0. The highest BCUT2D eigenvalue weighted by Crippen LogP contribution is 2.27. The number of carbonyl (C=O) groups excluding carboxylic acids is 2. The van der Waals surface area contributed by atoms with Crippen LogP contribution in [0.5, 0.6) is 5.75 Å². The molecule has 116 valence electrons. The number of hydrogen-bond acceptors (Lipinski definition) is 3. The van der Waals surface area contributed by atoms with Crippen LogP contribution in [0.25, 0.3) is 0 Å². The molecule has 6 heteroatoms. The van der Waals surface area contributed by atoms with Gasteiger partial charge in [-0.3, -0.25) is 4.79 Å². The summed E-state index contributed by atoms with van der Waals surface area (Å²) in [5.74, 6) is 0.327. The number of methoxy groups -OCH3 is 1. The summed E-state index contributed by atoms with van der Waals surface area (Å²) in [5.41, 5.74) is 1.10. The average Bonchev–Trinajstić information content (AvgIpc) is 2.35. The van der Waals surface area contributed by atoms with E-state index in [0.717, 1.165) is 0 Å². The molecule has 0 aliphatic rings. The van der Waals surface area contributed by atoms with Crippen LogP contribution < -0.4 is 20.7 Å². The molecule has 0 radical (unpaired) electrons. The van der Waals surface area contributed by atoms with E-state index in [2.05, 4.69) is 16.0 Å². The number of ether oxygens (including phenoxy) is 1. The first-order chi connectivity index (χ1) is 9.71. The van der Waals surface area contributed by atoms with Crippen molar-refractivity contribution in [2.24, 2.45) is 5.41 Å². The molecule has 0 bridgehead atoms. The van der Waals surface area contributed by atoms with Gasteiger partial charge in [-0.1, -0.05) is 20.8 Å². The van der Waals surface area contributed by atoms with Crippen LogP contribution in [-0.2, 0) is 4.79 Å². The Kier molecular flexibility index (Phi) is 5.58. The lowest BCUT2D eigenvalue weighted by Crippen LogP contribution is -2.35. The van der Waals surface area contributed by atoms with Gasteiger partial charge >= 0.3 is 6.03 Å². The number of carbonyl (C=O) groups is 2. The first kappa shape index (κ1) is 16.8. The van der Waals surface area contributed by atoms with Gasteiger partial charge in [-0.15, -0.1) is 0 Å². The van der Waals surface area contributed by atoms with Crippen LogP contribution in [0.2, 0.25) is 0 Å². The summed E-state index contributed by atoms with van der Waals surface area (Å²) in [6.45, 7) is 8.09. The minimum atomic E-state index is -0.288. The highest BCUT2D eigenvalue weighted by Gasteiger charge is 2.12. The lowest BCUT2D eigenvalue weighted by molar-refractivity contribution is -0.114. The molecule has 0 saturated carbocycles. The molecule has 0 aliphatic heterocycles. The Bertz CT molecular complexity index is 521. The van der Waals surface area contributed by atoms with Gasteiger partial charge < -0.3 is 20.7 Å². The number of rotatable bonds is 4. The average molecular weight is 293 g/mol. The van der Waals surface area contributed by atoms with Crippen molar-refractivity contribution in [1.82, 2.24) is 5.32 Å². The van der Waals surface area contributed by atoms with Crippen molar-refractivity contribution in [3.63, 3.8) is 0 Å². The van der Waals surface area contributed by atoms with Crippen LogP contribution in [0, 0.1) is 5.41 Å². The van der Waals surface area contributed by atoms with Gasteiger partial charge in [-0.05, 0) is 23.6 Å². The molecule has 21 heavy (non-hydrogen) atoms. The van der Waals surface area contributed by atoms with E-state index in [1.54, 1.807) is 18.2 Å². The Labute approximate surface area is 125 Å². The SMILES string of the molecule is COc1ccc(NC(=O)NCC(C)(C)C)cc1NC(C)=O. The number of nitrogens with one attached hydrogen (secondary N) is 3. The first-order valence-corrected chi connectivity index (χ1v) is 6.72. The lowest BCUT2D eigenvalue weighted by Gasteiger charge is -2.19. The van der Waals surface area contributed by atoms with Crippen molar-refractivity contribution >= 4 is 23.3 Å². The summed E-state index contributed by atoms with van der Waals surface area (Å²) in [6.07, 6.45) is 0.